The average molecular weight is 298 g/mol. The quantitative estimate of drug-likeness (QED) is 0.807. The first kappa shape index (κ1) is 13.5. The number of hydrogen-bond acceptors (Lipinski definition) is 4. The molecule has 0 aliphatic rings. The third-order valence-electron chi connectivity index (χ3n) is 3.06. The minimum atomic E-state index is -0.176. The van der Waals surface area contributed by atoms with E-state index in [1.807, 2.05) is 55.1 Å². The van der Waals surface area contributed by atoms with Crippen molar-refractivity contribution in [2.24, 2.45) is 0 Å². The van der Waals surface area contributed by atoms with E-state index in [9.17, 15) is 4.79 Å². The highest BCUT2D eigenvalue weighted by molar-refractivity contribution is 7.16. The predicted molar refractivity (Wildman–Crippen MR) is 83.1 cm³/mol. The monoisotopic (exact) mass is 298 g/mol. The third kappa shape index (κ3) is 2.71. The number of nitrogens with zero attached hydrogens (tertiary/aromatic N) is 3. The van der Waals surface area contributed by atoms with E-state index in [1.165, 1.54) is 11.3 Å². The second-order valence-electron chi connectivity index (χ2n) is 4.62. The largest absolute Gasteiger partial charge is 0.306 e. The van der Waals surface area contributed by atoms with Crippen molar-refractivity contribution >= 4 is 23.1 Å². The number of thiazole rings is 1. The Morgan fingerprint density at radius 1 is 1.24 bits per heavy atom. The Morgan fingerprint density at radius 2 is 2.00 bits per heavy atom. The standard InChI is InChI=1S/C15H14N4OS/c1-10-6-5-7-16-13(10)18-14(20)12-11(2)17-15(21-12)19-8-3-4-9-19/h3-9H,1-2H3,(H,16,18,20). The summed E-state index contributed by atoms with van der Waals surface area (Å²) in [6.07, 6.45) is 5.47. The van der Waals surface area contributed by atoms with Crippen molar-refractivity contribution in [3.05, 3.63) is 59.0 Å². The van der Waals surface area contributed by atoms with Crippen molar-refractivity contribution in [1.29, 1.82) is 0 Å². The van der Waals surface area contributed by atoms with Crippen molar-refractivity contribution in [2.45, 2.75) is 13.8 Å². The minimum absolute atomic E-state index is 0.176. The molecule has 0 aromatic carbocycles. The molecule has 0 saturated carbocycles. The fraction of sp³-hybridized carbons (Fsp3) is 0.133. The Hall–Kier alpha value is -2.47. The number of aromatic nitrogens is 3. The van der Waals surface area contributed by atoms with Crippen LogP contribution in [0, 0.1) is 13.8 Å². The number of carbonyl (C=O) groups excluding carboxylic acids is 1. The molecule has 0 atom stereocenters. The molecular formula is C15H14N4OS. The lowest BCUT2D eigenvalue weighted by atomic mass is 10.3. The van der Waals surface area contributed by atoms with Crippen LogP contribution in [0.2, 0.25) is 0 Å². The van der Waals surface area contributed by atoms with Crippen LogP contribution in [0.4, 0.5) is 5.82 Å². The van der Waals surface area contributed by atoms with Gasteiger partial charge in [-0.05, 0) is 37.6 Å². The summed E-state index contributed by atoms with van der Waals surface area (Å²) in [5, 5.41) is 3.62. The molecule has 3 rings (SSSR count). The fourth-order valence-corrected chi connectivity index (χ4v) is 2.88. The molecule has 1 N–H and O–H groups in total. The Kier molecular flexibility index (Phi) is 3.53. The molecule has 0 saturated heterocycles. The molecule has 0 aliphatic heterocycles. The Balaban J connectivity index is 1.87. The maximum absolute atomic E-state index is 12.4. The molecule has 0 bridgehead atoms. The van der Waals surface area contributed by atoms with E-state index < -0.39 is 0 Å². The molecule has 0 fully saturated rings. The van der Waals surface area contributed by atoms with Gasteiger partial charge in [0, 0.05) is 18.6 Å². The fourth-order valence-electron chi connectivity index (χ4n) is 1.95. The number of pyridine rings is 1. The van der Waals surface area contributed by atoms with Gasteiger partial charge >= 0.3 is 0 Å². The third-order valence-corrected chi connectivity index (χ3v) is 4.23. The van der Waals surface area contributed by atoms with Crippen molar-refractivity contribution in [3.63, 3.8) is 0 Å². The second kappa shape index (κ2) is 5.49. The van der Waals surface area contributed by atoms with Gasteiger partial charge in [-0.1, -0.05) is 17.4 Å². The first-order valence-electron chi connectivity index (χ1n) is 6.49. The van der Waals surface area contributed by atoms with Crippen molar-refractivity contribution in [3.8, 4) is 5.13 Å². The van der Waals surface area contributed by atoms with Gasteiger partial charge < -0.3 is 9.88 Å². The van der Waals surface area contributed by atoms with Crippen LogP contribution < -0.4 is 5.32 Å². The zero-order chi connectivity index (χ0) is 14.8. The van der Waals surface area contributed by atoms with E-state index in [2.05, 4.69) is 15.3 Å². The first-order valence-corrected chi connectivity index (χ1v) is 7.30. The molecule has 0 unspecified atom stereocenters. The maximum atomic E-state index is 12.4. The van der Waals surface area contributed by atoms with Crippen LogP contribution >= 0.6 is 11.3 Å². The van der Waals surface area contributed by atoms with Gasteiger partial charge in [-0.25, -0.2) is 9.97 Å². The molecule has 0 spiro atoms. The van der Waals surface area contributed by atoms with Gasteiger partial charge in [-0.2, -0.15) is 0 Å². The summed E-state index contributed by atoms with van der Waals surface area (Å²) >= 11 is 1.36. The van der Waals surface area contributed by atoms with Crippen LogP contribution in [-0.2, 0) is 0 Å². The Morgan fingerprint density at radius 3 is 2.71 bits per heavy atom. The van der Waals surface area contributed by atoms with Gasteiger partial charge in [0.05, 0.1) is 5.69 Å². The van der Waals surface area contributed by atoms with Gasteiger partial charge in [-0.3, -0.25) is 4.79 Å². The summed E-state index contributed by atoms with van der Waals surface area (Å²) in [5.41, 5.74) is 1.65. The summed E-state index contributed by atoms with van der Waals surface area (Å²) in [6.45, 7) is 3.75. The number of hydrogen-bond donors (Lipinski definition) is 1. The Bertz CT molecular complexity index is 777. The smallest absolute Gasteiger partial charge is 0.268 e. The summed E-state index contributed by atoms with van der Waals surface area (Å²) in [6, 6.07) is 7.60. The highest BCUT2D eigenvalue weighted by Gasteiger charge is 2.17. The lowest BCUT2D eigenvalue weighted by Crippen LogP contribution is -2.13. The number of anilines is 1. The molecule has 3 heterocycles. The average Bonchev–Trinajstić information content (AvgIpc) is 3.10. The molecule has 1 amide bonds. The predicted octanol–water partition coefficient (Wildman–Crippen LogP) is 3.20. The highest BCUT2D eigenvalue weighted by Crippen LogP contribution is 2.23. The molecule has 5 nitrogen and oxygen atoms in total. The second-order valence-corrected chi connectivity index (χ2v) is 5.60. The molecular weight excluding hydrogens is 284 g/mol. The van der Waals surface area contributed by atoms with E-state index >= 15 is 0 Å². The molecule has 3 aromatic rings. The summed E-state index contributed by atoms with van der Waals surface area (Å²) in [4.78, 5) is 21.6. The molecule has 106 valence electrons. The van der Waals surface area contributed by atoms with Gasteiger partial charge in [0.1, 0.15) is 10.7 Å². The van der Waals surface area contributed by atoms with Crippen LogP contribution in [-0.4, -0.2) is 20.4 Å². The van der Waals surface area contributed by atoms with Gasteiger partial charge in [0.2, 0.25) is 0 Å². The number of aryl methyl sites for hydroxylation is 2. The van der Waals surface area contributed by atoms with Crippen LogP contribution in [0.15, 0.2) is 42.9 Å². The number of carbonyl (C=O) groups is 1. The van der Waals surface area contributed by atoms with Crippen molar-refractivity contribution in [2.75, 3.05) is 5.32 Å². The molecule has 6 heteroatoms. The normalized spacial score (nSPS) is 10.6. The van der Waals surface area contributed by atoms with E-state index in [-0.39, 0.29) is 5.91 Å². The van der Waals surface area contributed by atoms with Gasteiger partial charge in [0.15, 0.2) is 5.13 Å². The van der Waals surface area contributed by atoms with Crippen LogP contribution in [0.25, 0.3) is 5.13 Å². The zero-order valence-corrected chi connectivity index (χ0v) is 12.5. The number of rotatable bonds is 3. The summed E-state index contributed by atoms with van der Waals surface area (Å²) < 4.78 is 1.89. The van der Waals surface area contributed by atoms with Crippen LogP contribution in [0.3, 0.4) is 0 Å². The lowest BCUT2D eigenvalue weighted by Gasteiger charge is -2.05. The topological polar surface area (TPSA) is 59.8 Å². The van der Waals surface area contributed by atoms with E-state index in [0.29, 0.717) is 10.7 Å². The lowest BCUT2D eigenvalue weighted by molar-refractivity contribution is 0.102. The number of nitrogens with one attached hydrogen (secondary N) is 1. The van der Waals surface area contributed by atoms with E-state index in [0.717, 1.165) is 16.4 Å². The molecule has 21 heavy (non-hydrogen) atoms. The molecule has 0 radical (unpaired) electrons. The summed E-state index contributed by atoms with van der Waals surface area (Å²) in [5.74, 6) is 0.406. The van der Waals surface area contributed by atoms with Crippen molar-refractivity contribution < 1.29 is 4.79 Å². The number of amides is 1. The summed E-state index contributed by atoms with van der Waals surface area (Å²) in [7, 11) is 0. The molecule has 3 aromatic heterocycles. The van der Waals surface area contributed by atoms with Gasteiger partial charge in [0.25, 0.3) is 5.91 Å². The van der Waals surface area contributed by atoms with E-state index in [4.69, 9.17) is 0 Å². The first-order chi connectivity index (χ1) is 10.1. The minimum Gasteiger partial charge on any atom is -0.306 e. The van der Waals surface area contributed by atoms with Crippen LogP contribution in [0.1, 0.15) is 20.9 Å². The van der Waals surface area contributed by atoms with Crippen molar-refractivity contribution in [1.82, 2.24) is 14.5 Å². The highest BCUT2D eigenvalue weighted by atomic mass is 32.1. The van der Waals surface area contributed by atoms with E-state index in [1.54, 1.807) is 6.20 Å². The van der Waals surface area contributed by atoms with Crippen LogP contribution in [0.5, 0.6) is 0 Å². The molecule has 0 aliphatic carbocycles. The Labute approximate surface area is 126 Å². The van der Waals surface area contributed by atoms with Gasteiger partial charge in [-0.15, -0.1) is 0 Å². The zero-order valence-electron chi connectivity index (χ0n) is 11.7. The maximum Gasteiger partial charge on any atom is 0.268 e. The SMILES string of the molecule is Cc1cccnc1NC(=O)c1sc(-n2cccc2)nc1C.